The maximum absolute atomic E-state index is 12.8. The van der Waals surface area contributed by atoms with Gasteiger partial charge < -0.3 is 13.7 Å². The first-order valence-electron chi connectivity index (χ1n) is 9.99. The van der Waals surface area contributed by atoms with E-state index in [0.717, 1.165) is 4.90 Å². The number of nitrogens with zero attached hydrogens (tertiary/aromatic N) is 4. The van der Waals surface area contributed by atoms with Crippen LogP contribution in [0.2, 0.25) is 0 Å². The molecule has 0 saturated heterocycles. The van der Waals surface area contributed by atoms with Crippen molar-refractivity contribution in [3.05, 3.63) is 89.5 Å². The van der Waals surface area contributed by atoms with Crippen LogP contribution >= 0.6 is 0 Å². The monoisotopic (exact) mass is 444 g/mol. The minimum Gasteiger partial charge on any atom is -0.467 e. The topological polar surface area (TPSA) is 129 Å². The van der Waals surface area contributed by atoms with Crippen molar-refractivity contribution < 1.29 is 28.1 Å². The number of carbonyl (C=O) groups is 3. The maximum atomic E-state index is 12.8. The molecule has 3 aromatic heterocycles. The highest BCUT2D eigenvalue weighted by molar-refractivity contribution is 6.21. The van der Waals surface area contributed by atoms with Crippen LogP contribution in [0.4, 0.5) is 0 Å². The van der Waals surface area contributed by atoms with Crippen LogP contribution in [0.15, 0.2) is 70.1 Å². The van der Waals surface area contributed by atoms with Crippen molar-refractivity contribution in [2.24, 2.45) is 0 Å². The summed E-state index contributed by atoms with van der Waals surface area (Å²) in [5.41, 5.74) is 1.13. The molecule has 4 aromatic rings. The number of pyridine rings is 1. The van der Waals surface area contributed by atoms with E-state index in [1.807, 2.05) is 0 Å². The molecule has 2 amide bonds. The highest BCUT2D eigenvalue weighted by atomic mass is 16.6. The highest BCUT2D eigenvalue weighted by Gasteiger charge is 2.36. The largest absolute Gasteiger partial charge is 0.467 e. The Morgan fingerprint density at radius 1 is 1.12 bits per heavy atom. The quantitative estimate of drug-likeness (QED) is 0.324. The van der Waals surface area contributed by atoms with Gasteiger partial charge in [0.25, 0.3) is 17.7 Å². The summed E-state index contributed by atoms with van der Waals surface area (Å²) in [6, 6.07) is 11.1. The molecule has 0 saturated carbocycles. The van der Waals surface area contributed by atoms with Gasteiger partial charge in [0.05, 0.1) is 29.5 Å². The predicted octanol–water partition coefficient (Wildman–Crippen LogP) is 3.44. The molecule has 33 heavy (non-hydrogen) atoms. The third kappa shape index (κ3) is 3.78. The van der Waals surface area contributed by atoms with Crippen molar-refractivity contribution in [2.45, 2.75) is 19.6 Å². The Bertz CT molecular complexity index is 1350. The van der Waals surface area contributed by atoms with E-state index in [1.54, 1.807) is 43.6 Å². The van der Waals surface area contributed by atoms with Crippen LogP contribution in [0.1, 0.15) is 55.8 Å². The van der Waals surface area contributed by atoms with Crippen LogP contribution in [0.25, 0.3) is 11.4 Å². The minimum atomic E-state index is -0.837. The zero-order valence-corrected chi connectivity index (χ0v) is 17.3. The van der Waals surface area contributed by atoms with Crippen molar-refractivity contribution in [2.75, 3.05) is 0 Å². The Hall–Kier alpha value is -4.60. The lowest BCUT2D eigenvalue weighted by atomic mass is 10.1. The van der Waals surface area contributed by atoms with Gasteiger partial charge in [0, 0.05) is 18.0 Å². The van der Waals surface area contributed by atoms with Crippen molar-refractivity contribution in [3.8, 4) is 11.4 Å². The molecule has 0 unspecified atom stereocenters. The smallest absolute Gasteiger partial charge is 0.338 e. The molecular formula is C23H16N4O6. The molecule has 1 aromatic carbocycles. The normalized spacial score (nSPS) is 13.8. The third-order valence-electron chi connectivity index (χ3n) is 5.09. The Morgan fingerprint density at radius 3 is 2.73 bits per heavy atom. The van der Waals surface area contributed by atoms with Gasteiger partial charge in [-0.15, -0.1) is 0 Å². The summed E-state index contributed by atoms with van der Waals surface area (Å²) < 4.78 is 15.9. The average molecular weight is 444 g/mol. The van der Waals surface area contributed by atoms with Gasteiger partial charge in [-0.25, -0.2) is 4.79 Å². The second-order valence-corrected chi connectivity index (χ2v) is 7.28. The van der Waals surface area contributed by atoms with Gasteiger partial charge in [0.1, 0.15) is 5.76 Å². The third-order valence-corrected chi connectivity index (χ3v) is 5.09. The van der Waals surface area contributed by atoms with Crippen LogP contribution in [-0.4, -0.2) is 37.8 Å². The average Bonchev–Trinajstić information content (AvgIpc) is 3.58. The lowest BCUT2D eigenvalue weighted by molar-refractivity contribution is 0.0265. The molecular weight excluding hydrogens is 428 g/mol. The lowest BCUT2D eigenvalue weighted by Crippen LogP contribution is -2.28. The molecule has 0 aliphatic carbocycles. The fraction of sp³-hybridized carbons (Fsp3) is 0.130. The summed E-state index contributed by atoms with van der Waals surface area (Å²) in [7, 11) is 0. The van der Waals surface area contributed by atoms with Crippen LogP contribution in [0.5, 0.6) is 0 Å². The molecule has 0 fully saturated rings. The summed E-state index contributed by atoms with van der Waals surface area (Å²) in [6.07, 6.45) is 3.84. The zero-order valence-electron chi connectivity index (χ0n) is 17.3. The number of hydrogen-bond donors (Lipinski definition) is 0. The summed E-state index contributed by atoms with van der Waals surface area (Å²) in [5, 5.41) is 3.88. The maximum Gasteiger partial charge on any atom is 0.338 e. The molecule has 0 bridgehead atoms. The Kier molecular flexibility index (Phi) is 5.02. The number of aromatic nitrogens is 3. The van der Waals surface area contributed by atoms with Gasteiger partial charge in [-0.2, -0.15) is 4.98 Å². The molecule has 10 nitrogen and oxygen atoms in total. The Morgan fingerprint density at radius 2 is 1.97 bits per heavy atom. The van der Waals surface area contributed by atoms with Crippen LogP contribution in [0.3, 0.4) is 0 Å². The summed E-state index contributed by atoms with van der Waals surface area (Å²) in [6.45, 7) is 1.60. The number of fused-ring (bicyclic) bond motifs is 1. The van der Waals surface area contributed by atoms with Gasteiger partial charge in [0.15, 0.2) is 6.10 Å². The van der Waals surface area contributed by atoms with E-state index in [9.17, 15) is 14.4 Å². The van der Waals surface area contributed by atoms with E-state index in [0.29, 0.717) is 17.1 Å². The Balaban J connectivity index is 1.31. The van der Waals surface area contributed by atoms with Crippen molar-refractivity contribution in [3.63, 3.8) is 0 Å². The van der Waals surface area contributed by atoms with Gasteiger partial charge in [0.2, 0.25) is 5.82 Å². The van der Waals surface area contributed by atoms with E-state index >= 15 is 0 Å². The van der Waals surface area contributed by atoms with Crippen LogP contribution in [0, 0.1) is 0 Å². The number of amides is 2. The standard InChI is InChI=1S/C23H16N4O6/c1-13(20-25-19(26-33-20)15-4-2-8-24-11-15)32-23(30)14-6-7-17-18(10-14)22(29)27(21(17)28)12-16-5-3-9-31-16/h2-11,13H,12H2,1H3/t13-/m0/s1. The fourth-order valence-corrected chi connectivity index (χ4v) is 3.41. The number of imide groups is 1. The van der Waals surface area contributed by atoms with E-state index in [-0.39, 0.29) is 29.1 Å². The molecule has 0 spiro atoms. The summed E-state index contributed by atoms with van der Waals surface area (Å²) in [5.74, 6) is -0.751. The number of furan rings is 1. The first-order valence-corrected chi connectivity index (χ1v) is 9.99. The molecule has 1 aliphatic heterocycles. The number of esters is 1. The molecule has 10 heteroatoms. The number of rotatable bonds is 6. The molecule has 0 N–H and O–H groups in total. The van der Waals surface area contributed by atoms with E-state index in [4.69, 9.17) is 13.7 Å². The van der Waals surface area contributed by atoms with Crippen molar-refractivity contribution >= 4 is 17.8 Å². The van der Waals surface area contributed by atoms with Gasteiger partial charge >= 0.3 is 5.97 Å². The van der Waals surface area contributed by atoms with E-state index < -0.39 is 23.9 Å². The number of ether oxygens (including phenoxy) is 1. The second-order valence-electron chi connectivity index (χ2n) is 7.28. The number of hydrogen-bond acceptors (Lipinski definition) is 9. The van der Waals surface area contributed by atoms with E-state index in [1.165, 1.54) is 24.5 Å². The molecule has 164 valence electrons. The molecule has 0 radical (unpaired) electrons. The van der Waals surface area contributed by atoms with Crippen molar-refractivity contribution in [1.29, 1.82) is 0 Å². The first kappa shape index (κ1) is 20.3. The lowest BCUT2D eigenvalue weighted by Gasteiger charge is -2.11. The zero-order chi connectivity index (χ0) is 22.9. The van der Waals surface area contributed by atoms with E-state index in [2.05, 4.69) is 15.1 Å². The van der Waals surface area contributed by atoms with Crippen LogP contribution < -0.4 is 0 Å². The van der Waals surface area contributed by atoms with Gasteiger partial charge in [-0.3, -0.25) is 19.5 Å². The summed E-state index contributed by atoms with van der Waals surface area (Å²) in [4.78, 5) is 47.4. The number of benzene rings is 1. The Labute approximate surface area is 186 Å². The number of carbonyl (C=O) groups excluding carboxylic acids is 3. The second kappa shape index (κ2) is 8.15. The molecule has 1 aliphatic rings. The molecule has 4 heterocycles. The molecule has 1 atom stereocenters. The molecule has 5 rings (SSSR count). The highest BCUT2D eigenvalue weighted by Crippen LogP contribution is 2.27. The minimum absolute atomic E-state index is 0.00654. The fourth-order valence-electron chi connectivity index (χ4n) is 3.41. The van der Waals surface area contributed by atoms with Crippen molar-refractivity contribution in [1.82, 2.24) is 20.0 Å². The van der Waals surface area contributed by atoms with Gasteiger partial charge in [-0.1, -0.05) is 5.16 Å². The summed E-state index contributed by atoms with van der Waals surface area (Å²) >= 11 is 0. The first-order chi connectivity index (χ1) is 16.0. The SMILES string of the molecule is C[C@H](OC(=O)c1ccc2c(c1)C(=O)N(Cc1ccco1)C2=O)c1nc(-c2cccnc2)no1. The van der Waals surface area contributed by atoms with Gasteiger partial charge in [-0.05, 0) is 49.4 Å². The van der Waals surface area contributed by atoms with Crippen LogP contribution in [-0.2, 0) is 11.3 Å². The predicted molar refractivity (Wildman–Crippen MR) is 111 cm³/mol.